The van der Waals surface area contributed by atoms with Crippen LogP contribution in [-0.4, -0.2) is 46.4 Å². The van der Waals surface area contributed by atoms with E-state index in [2.05, 4.69) is 10.6 Å². The number of likely N-dealkylation sites (N-methyl/N-ethyl adjacent to an activating group) is 1. The number of hydrogen-bond donors (Lipinski definition) is 1. The minimum atomic E-state index is -5.19. The number of nitrogens with zero attached hydrogens (tertiary/aromatic N) is 3. The lowest BCUT2D eigenvalue weighted by Gasteiger charge is -2.17. The summed E-state index contributed by atoms with van der Waals surface area (Å²) in [5, 5.41) is 17.5. The van der Waals surface area contributed by atoms with E-state index >= 15 is 0 Å². The van der Waals surface area contributed by atoms with Crippen molar-refractivity contribution in [3.8, 4) is 6.07 Å². The van der Waals surface area contributed by atoms with Crippen LogP contribution < -0.4 is 10.8 Å². The molecular weight excluding hydrogens is 353 g/mol. The number of aliphatic carboxylic acids is 1. The van der Waals surface area contributed by atoms with Crippen molar-refractivity contribution in [2.24, 2.45) is 5.73 Å². The van der Waals surface area contributed by atoms with Gasteiger partial charge in [0, 0.05) is 25.2 Å². The van der Waals surface area contributed by atoms with Crippen LogP contribution in [0.25, 0.3) is 0 Å². The van der Waals surface area contributed by atoms with Crippen molar-refractivity contribution in [2.75, 3.05) is 13.6 Å². The van der Waals surface area contributed by atoms with Gasteiger partial charge in [-0.15, -0.1) is 0 Å². The van der Waals surface area contributed by atoms with Gasteiger partial charge in [-0.2, -0.15) is 18.4 Å². The van der Waals surface area contributed by atoms with Crippen LogP contribution in [0.2, 0.25) is 0 Å². The van der Waals surface area contributed by atoms with Crippen molar-refractivity contribution in [1.29, 1.82) is 5.26 Å². The van der Waals surface area contributed by atoms with Gasteiger partial charge in [0.05, 0.1) is 23.8 Å². The molecule has 0 saturated heterocycles. The standard InChI is InChI=1S/C14H14N4O.C2HF3O2/c1-17-6-3-9-8-18(5-2-4-15)13-12(9)11(17)7-10(16)14(13)19;3-2(4,5)1(6)7/h7-8,16H,2-3,5-6H2,1H3;(H,6,7). The molecule has 3 rings (SSSR count). The van der Waals surface area contributed by atoms with Gasteiger partial charge in [0.2, 0.25) is 11.5 Å². The molecule has 0 radical (unpaired) electrons. The highest BCUT2D eigenvalue weighted by atomic mass is 19.4. The molecule has 0 saturated carbocycles. The lowest BCUT2D eigenvalue weighted by Crippen LogP contribution is -2.37. The summed E-state index contributed by atoms with van der Waals surface area (Å²) in [4.78, 5) is 21.1. The quantitative estimate of drug-likeness (QED) is 0.722. The molecule has 10 heteroatoms. The second-order valence-electron chi connectivity index (χ2n) is 5.75. The van der Waals surface area contributed by atoms with E-state index in [1.165, 1.54) is 5.56 Å². The fourth-order valence-corrected chi connectivity index (χ4v) is 2.81. The number of rotatable bonds is 2. The van der Waals surface area contributed by atoms with Gasteiger partial charge in [0.1, 0.15) is 25.3 Å². The summed E-state index contributed by atoms with van der Waals surface area (Å²) in [6, 6.07) is 2.12. The van der Waals surface area contributed by atoms with Gasteiger partial charge in [-0.3, -0.25) is 4.79 Å². The molecule has 1 aromatic heterocycles. The van der Waals surface area contributed by atoms with E-state index < -0.39 is 12.1 Å². The van der Waals surface area contributed by atoms with Gasteiger partial charge in [-0.1, -0.05) is 0 Å². The van der Waals surface area contributed by atoms with E-state index in [0.29, 0.717) is 18.7 Å². The largest absolute Gasteiger partial charge is 0.542 e. The highest BCUT2D eigenvalue weighted by Crippen LogP contribution is 2.28. The number of allylic oxidation sites excluding steroid dienone is 2. The van der Waals surface area contributed by atoms with Crippen LogP contribution in [0.5, 0.6) is 0 Å². The zero-order chi connectivity index (χ0) is 19.6. The van der Waals surface area contributed by atoms with Crippen molar-refractivity contribution < 1.29 is 32.4 Å². The Kier molecular flexibility index (Phi) is 5.20. The Morgan fingerprint density at radius 1 is 1.50 bits per heavy atom. The second-order valence-corrected chi connectivity index (χ2v) is 5.75. The molecule has 7 nitrogen and oxygen atoms in total. The maximum Gasteiger partial charge on any atom is 0.430 e. The van der Waals surface area contributed by atoms with Crippen LogP contribution in [0, 0.1) is 11.3 Å². The SMILES string of the molecule is C[N+]1=C2C=C(N)C(=O)c3c2c(cn3CCC#N)CC1.O=C([O-])C(F)(F)F. The summed E-state index contributed by atoms with van der Waals surface area (Å²) in [6.45, 7) is 1.46. The Morgan fingerprint density at radius 2 is 2.12 bits per heavy atom. The van der Waals surface area contributed by atoms with E-state index in [-0.39, 0.29) is 11.5 Å². The third-order valence-corrected chi connectivity index (χ3v) is 4.01. The van der Waals surface area contributed by atoms with Crippen molar-refractivity contribution >= 4 is 17.5 Å². The summed E-state index contributed by atoms with van der Waals surface area (Å²) in [6.07, 6.45) is -0.118. The van der Waals surface area contributed by atoms with Gasteiger partial charge in [0.15, 0.2) is 0 Å². The minimum Gasteiger partial charge on any atom is -0.542 e. The van der Waals surface area contributed by atoms with Gasteiger partial charge in [-0.25, -0.2) is 4.58 Å². The Hall–Kier alpha value is -3.09. The Bertz CT molecular complexity index is 873. The first-order valence-electron chi connectivity index (χ1n) is 7.55. The van der Waals surface area contributed by atoms with Gasteiger partial charge < -0.3 is 20.2 Å². The number of Topliss-reactive ketones (excluding diaryl/α,β-unsaturated/α-hetero) is 1. The summed E-state index contributed by atoms with van der Waals surface area (Å²) >= 11 is 0. The number of carbonyl (C=O) groups excluding carboxylic acids is 2. The van der Waals surface area contributed by atoms with Crippen LogP contribution in [-0.2, 0) is 17.8 Å². The molecule has 2 heterocycles. The summed E-state index contributed by atoms with van der Waals surface area (Å²) in [7, 11) is 2.01. The normalized spacial score (nSPS) is 15.5. The number of alkyl halides is 3. The zero-order valence-corrected chi connectivity index (χ0v) is 13.8. The first-order valence-corrected chi connectivity index (χ1v) is 7.55. The summed E-state index contributed by atoms with van der Waals surface area (Å²) < 4.78 is 35.6. The molecule has 0 aromatic carbocycles. The van der Waals surface area contributed by atoms with E-state index in [1.807, 2.05) is 17.8 Å². The molecule has 0 unspecified atom stereocenters. The molecule has 1 aromatic rings. The van der Waals surface area contributed by atoms with Gasteiger partial charge in [0.25, 0.3) is 0 Å². The molecule has 138 valence electrons. The highest BCUT2D eigenvalue weighted by Gasteiger charge is 2.36. The third kappa shape index (κ3) is 3.61. The number of aryl methyl sites for hydroxylation is 1. The van der Waals surface area contributed by atoms with E-state index in [0.717, 1.165) is 24.2 Å². The lowest BCUT2D eigenvalue weighted by molar-refractivity contribution is -0.497. The number of ketones is 1. The van der Waals surface area contributed by atoms with Crippen molar-refractivity contribution in [3.05, 3.63) is 34.8 Å². The lowest BCUT2D eigenvalue weighted by atomic mass is 9.92. The average Bonchev–Trinajstić information content (AvgIpc) is 2.92. The Balaban J connectivity index is 0.000000298. The van der Waals surface area contributed by atoms with Crippen molar-refractivity contribution in [1.82, 2.24) is 4.57 Å². The summed E-state index contributed by atoms with van der Waals surface area (Å²) in [5.41, 5.74) is 9.96. The molecule has 0 spiro atoms. The second kappa shape index (κ2) is 7.03. The van der Waals surface area contributed by atoms with Gasteiger partial charge >= 0.3 is 6.18 Å². The predicted molar refractivity (Wildman–Crippen MR) is 81.2 cm³/mol. The molecule has 0 bridgehead atoms. The number of nitriles is 1. The number of carboxylic acids is 1. The topological polar surface area (TPSA) is 115 Å². The highest BCUT2D eigenvalue weighted by molar-refractivity contribution is 6.24. The van der Waals surface area contributed by atoms with E-state index in [9.17, 15) is 18.0 Å². The van der Waals surface area contributed by atoms with Crippen molar-refractivity contribution in [3.63, 3.8) is 0 Å². The Labute approximate surface area is 146 Å². The smallest absolute Gasteiger partial charge is 0.430 e. The van der Waals surface area contributed by atoms with Crippen LogP contribution in [0.15, 0.2) is 18.0 Å². The monoisotopic (exact) mass is 368 g/mol. The number of nitrogens with two attached hydrogens (primary N) is 1. The van der Waals surface area contributed by atoms with Crippen LogP contribution in [0.4, 0.5) is 13.2 Å². The number of carboxylic acid groups (broad SMARTS) is 1. The van der Waals surface area contributed by atoms with Gasteiger partial charge in [-0.05, 0) is 5.56 Å². The van der Waals surface area contributed by atoms with Crippen LogP contribution >= 0.6 is 0 Å². The number of hydrogen-bond acceptors (Lipinski definition) is 5. The minimum absolute atomic E-state index is 0.127. The Morgan fingerprint density at radius 3 is 2.65 bits per heavy atom. The van der Waals surface area contributed by atoms with E-state index in [4.69, 9.17) is 20.9 Å². The zero-order valence-electron chi connectivity index (χ0n) is 13.8. The first kappa shape index (κ1) is 19.2. The molecule has 1 aliphatic carbocycles. The molecule has 0 atom stereocenters. The fourth-order valence-electron chi connectivity index (χ4n) is 2.81. The molecule has 0 amide bonds. The summed E-state index contributed by atoms with van der Waals surface area (Å²) in [5.74, 6) is -3.13. The first-order chi connectivity index (χ1) is 12.1. The fraction of sp³-hybridized carbons (Fsp3) is 0.375. The molecule has 2 aliphatic rings. The average molecular weight is 368 g/mol. The molecule has 2 N–H and O–H groups in total. The molecule has 1 aliphatic heterocycles. The van der Waals surface area contributed by atoms with Crippen LogP contribution in [0.1, 0.15) is 28.0 Å². The maximum absolute atomic E-state index is 12.3. The maximum atomic E-state index is 12.3. The number of halogens is 3. The van der Waals surface area contributed by atoms with Crippen LogP contribution in [0.3, 0.4) is 0 Å². The number of aromatic nitrogens is 1. The van der Waals surface area contributed by atoms with E-state index in [1.54, 1.807) is 6.08 Å². The number of carbonyl (C=O) groups is 2. The van der Waals surface area contributed by atoms with Crippen molar-refractivity contribution in [2.45, 2.75) is 25.6 Å². The molecule has 26 heavy (non-hydrogen) atoms. The third-order valence-electron chi connectivity index (χ3n) is 4.01. The predicted octanol–water partition coefficient (Wildman–Crippen LogP) is -0.273. The molecule has 0 fully saturated rings. The molecular formula is C16H15F3N4O3.